The van der Waals surface area contributed by atoms with Crippen LogP contribution in [0, 0.1) is 33.4 Å². The lowest BCUT2D eigenvalue weighted by molar-refractivity contribution is -0.390. The minimum atomic E-state index is -2.13. The van der Waals surface area contributed by atoms with Gasteiger partial charge < -0.3 is 4.74 Å². The maximum absolute atomic E-state index is 13.5. The van der Waals surface area contributed by atoms with Crippen LogP contribution in [0.1, 0.15) is 0 Å². The molecule has 0 unspecified atom stereocenters. The van der Waals surface area contributed by atoms with Crippen LogP contribution >= 0.6 is 0 Å². The number of ether oxygens (including phenoxy) is 1. The maximum atomic E-state index is 13.5. The van der Waals surface area contributed by atoms with E-state index in [0.717, 1.165) is 0 Å². The zero-order chi connectivity index (χ0) is 14.9. The van der Waals surface area contributed by atoms with E-state index in [4.69, 9.17) is 0 Å². The first-order valence-corrected chi connectivity index (χ1v) is 5.16. The van der Waals surface area contributed by atoms with Gasteiger partial charge in [-0.15, -0.1) is 0 Å². The molecule has 2 rings (SSSR count). The first-order chi connectivity index (χ1) is 9.43. The molecule has 0 atom stereocenters. The van der Waals surface area contributed by atoms with E-state index in [9.17, 15) is 27.7 Å². The lowest BCUT2D eigenvalue weighted by atomic mass is 10.2. The van der Waals surface area contributed by atoms with Crippen LogP contribution in [-0.4, -0.2) is 4.92 Å². The zero-order valence-electron chi connectivity index (χ0n) is 9.57. The van der Waals surface area contributed by atoms with Crippen LogP contribution in [0.5, 0.6) is 11.5 Å². The van der Waals surface area contributed by atoms with Crippen LogP contribution in [-0.2, 0) is 0 Å². The average molecular weight is 287 g/mol. The van der Waals surface area contributed by atoms with Crippen molar-refractivity contribution in [3.05, 3.63) is 63.7 Å². The molecule has 0 radical (unpaired) electrons. The minimum Gasteiger partial charge on any atom is -0.451 e. The second-order valence-corrected chi connectivity index (χ2v) is 3.61. The maximum Gasteiger partial charge on any atom is 0.346 e. The zero-order valence-corrected chi connectivity index (χ0v) is 9.57. The number of hydrogen-bond donors (Lipinski definition) is 0. The van der Waals surface area contributed by atoms with Crippen LogP contribution in [0.4, 0.5) is 23.2 Å². The molecule has 0 saturated heterocycles. The van der Waals surface area contributed by atoms with Gasteiger partial charge in [0.15, 0.2) is 0 Å². The molecule has 0 aliphatic heterocycles. The summed E-state index contributed by atoms with van der Waals surface area (Å²) in [4.78, 5) is 8.82. The molecule has 0 aliphatic rings. The molecule has 0 amide bonds. The molecule has 0 fully saturated rings. The van der Waals surface area contributed by atoms with Crippen molar-refractivity contribution in [3.63, 3.8) is 0 Å². The van der Waals surface area contributed by atoms with Gasteiger partial charge in [0.1, 0.15) is 5.75 Å². The molecule has 0 heterocycles. The summed E-state index contributed by atoms with van der Waals surface area (Å²) >= 11 is 0. The Morgan fingerprint density at radius 1 is 0.900 bits per heavy atom. The Kier molecular flexibility index (Phi) is 3.55. The van der Waals surface area contributed by atoms with Crippen LogP contribution in [0.3, 0.4) is 0 Å². The average Bonchev–Trinajstić information content (AvgIpc) is 2.42. The second-order valence-electron chi connectivity index (χ2n) is 3.61. The van der Waals surface area contributed by atoms with E-state index in [0.29, 0.717) is 0 Å². The van der Waals surface area contributed by atoms with Crippen molar-refractivity contribution in [1.82, 2.24) is 0 Å². The molecule has 0 spiro atoms. The van der Waals surface area contributed by atoms with E-state index < -0.39 is 39.6 Å². The van der Waals surface area contributed by atoms with Crippen LogP contribution < -0.4 is 4.74 Å². The van der Waals surface area contributed by atoms with Crippen LogP contribution in [0.2, 0.25) is 0 Å². The van der Waals surface area contributed by atoms with Crippen molar-refractivity contribution in [3.8, 4) is 11.5 Å². The van der Waals surface area contributed by atoms with E-state index in [2.05, 4.69) is 4.74 Å². The predicted molar refractivity (Wildman–Crippen MR) is 59.4 cm³/mol. The van der Waals surface area contributed by atoms with Gasteiger partial charge in [0.2, 0.25) is 29.0 Å². The molecule has 4 nitrogen and oxygen atoms in total. The summed E-state index contributed by atoms with van der Waals surface area (Å²) in [6.07, 6.45) is 0. The lowest BCUT2D eigenvalue weighted by Gasteiger charge is -2.09. The Balaban J connectivity index is 2.58. The second kappa shape index (κ2) is 5.16. The SMILES string of the molecule is O=[N+]([O-])c1c(F)c(F)c(Oc2ccccc2)c(F)c1F. The highest BCUT2D eigenvalue weighted by Crippen LogP contribution is 2.36. The van der Waals surface area contributed by atoms with E-state index >= 15 is 0 Å². The highest BCUT2D eigenvalue weighted by atomic mass is 19.2. The molecule has 0 aliphatic carbocycles. The highest BCUT2D eigenvalue weighted by Gasteiger charge is 2.34. The number of benzene rings is 2. The molecule has 2 aromatic carbocycles. The predicted octanol–water partition coefficient (Wildman–Crippen LogP) is 3.94. The van der Waals surface area contributed by atoms with E-state index in [1.165, 1.54) is 24.3 Å². The monoisotopic (exact) mass is 287 g/mol. The fourth-order valence-corrected chi connectivity index (χ4v) is 1.46. The summed E-state index contributed by atoms with van der Waals surface area (Å²) in [5.41, 5.74) is -1.90. The van der Waals surface area contributed by atoms with Crippen LogP contribution in [0.15, 0.2) is 30.3 Å². The minimum absolute atomic E-state index is 0.0852. The smallest absolute Gasteiger partial charge is 0.346 e. The Hall–Kier alpha value is -2.64. The normalized spacial score (nSPS) is 10.4. The third-order valence-corrected chi connectivity index (χ3v) is 2.35. The van der Waals surface area contributed by atoms with Gasteiger partial charge >= 0.3 is 5.69 Å². The van der Waals surface area contributed by atoms with Gasteiger partial charge in [-0.05, 0) is 12.1 Å². The Morgan fingerprint density at radius 3 is 1.85 bits per heavy atom. The van der Waals surface area contributed by atoms with Crippen molar-refractivity contribution in [2.75, 3.05) is 0 Å². The van der Waals surface area contributed by atoms with E-state index in [1.807, 2.05) is 0 Å². The van der Waals surface area contributed by atoms with Crippen molar-refractivity contribution in [2.24, 2.45) is 0 Å². The molecule has 0 saturated carbocycles. The Bertz CT molecular complexity index is 647. The number of nitro groups is 1. The molecule has 0 aromatic heterocycles. The van der Waals surface area contributed by atoms with Gasteiger partial charge in [0.25, 0.3) is 0 Å². The van der Waals surface area contributed by atoms with Gasteiger partial charge in [-0.3, -0.25) is 10.1 Å². The van der Waals surface area contributed by atoms with Gasteiger partial charge in [-0.25, -0.2) is 0 Å². The van der Waals surface area contributed by atoms with Crippen LogP contribution in [0.25, 0.3) is 0 Å². The topological polar surface area (TPSA) is 52.4 Å². The summed E-state index contributed by atoms with van der Waals surface area (Å²) in [5.74, 6) is -9.66. The van der Waals surface area contributed by atoms with Gasteiger partial charge in [0.05, 0.1) is 4.92 Å². The molecular formula is C12H5F4NO3. The molecule has 8 heteroatoms. The Labute approximate surface area is 109 Å². The summed E-state index contributed by atoms with van der Waals surface area (Å²) < 4.78 is 58.5. The molecule has 0 N–H and O–H groups in total. The van der Waals surface area contributed by atoms with Crippen molar-refractivity contribution < 1.29 is 27.2 Å². The Morgan fingerprint density at radius 2 is 1.40 bits per heavy atom. The third-order valence-electron chi connectivity index (χ3n) is 2.35. The summed E-state index contributed by atoms with van der Waals surface area (Å²) in [6.45, 7) is 0. The number of nitro benzene ring substituents is 1. The third kappa shape index (κ3) is 2.27. The summed E-state index contributed by atoms with van der Waals surface area (Å²) in [7, 11) is 0. The fourth-order valence-electron chi connectivity index (χ4n) is 1.46. The molecule has 0 bridgehead atoms. The number of para-hydroxylation sites is 1. The molecule has 2 aromatic rings. The molecular weight excluding hydrogens is 282 g/mol. The van der Waals surface area contributed by atoms with Crippen molar-refractivity contribution in [1.29, 1.82) is 0 Å². The largest absolute Gasteiger partial charge is 0.451 e. The number of hydrogen-bond acceptors (Lipinski definition) is 3. The number of rotatable bonds is 3. The quantitative estimate of drug-likeness (QED) is 0.372. The first-order valence-electron chi connectivity index (χ1n) is 5.16. The van der Waals surface area contributed by atoms with Gasteiger partial charge in [-0.1, -0.05) is 18.2 Å². The van der Waals surface area contributed by atoms with Crippen molar-refractivity contribution >= 4 is 5.69 Å². The lowest BCUT2D eigenvalue weighted by Crippen LogP contribution is -2.05. The van der Waals surface area contributed by atoms with Gasteiger partial charge in [0, 0.05) is 0 Å². The van der Waals surface area contributed by atoms with E-state index in [-0.39, 0.29) is 5.75 Å². The van der Waals surface area contributed by atoms with E-state index in [1.54, 1.807) is 6.07 Å². The first kappa shape index (κ1) is 13.8. The molecule has 104 valence electrons. The number of nitrogens with zero attached hydrogens (tertiary/aromatic N) is 1. The van der Waals surface area contributed by atoms with Gasteiger partial charge in [-0.2, -0.15) is 17.6 Å². The standard InChI is InChI=1S/C12H5F4NO3/c13-7-9(15)12(20-6-4-2-1-3-5-6)10(16)8(14)11(7)17(18)19/h1-5H. The fraction of sp³-hybridized carbons (Fsp3) is 0. The highest BCUT2D eigenvalue weighted by molar-refractivity contribution is 5.44. The summed E-state index contributed by atoms with van der Waals surface area (Å²) in [5, 5.41) is 10.4. The van der Waals surface area contributed by atoms with Crippen molar-refractivity contribution in [2.45, 2.75) is 0 Å². The summed E-state index contributed by atoms with van der Waals surface area (Å²) in [6, 6.07) is 7.08. The number of halogens is 4. The molecule has 20 heavy (non-hydrogen) atoms.